The van der Waals surface area contributed by atoms with E-state index in [9.17, 15) is 0 Å². The van der Waals surface area contributed by atoms with Crippen LogP contribution in [0.15, 0.2) is 47.5 Å². The van der Waals surface area contributed by atoms with Gasteiger partial charge in [-0.2, -0.15) is 0 Å². The van der Waals surface area contributed by atoms with Crippen molar-refractivity contribution in [1.82, 2.24) is 4.98 Å². The van der Waals surface area contributed by atoms with Crippen molar-refractivity contribution in [2.24, 2.45) is 0 Å². The van der Waals surface area contributed by atoms with Crippen molar-refractivity contribution in [3.63, 3.8) is 0 Å². The molecule has 0 bridgehead atoms. The highest BCUT2D eigenvalue weighted by Crippen LogP contribution is 2.37. The minimum absolute atomic E-state index is 0.362. The molecule has 1 heterocycles. The number of methoxy groups -OCH3 is 2. The van der Waals surface area contributed by atoms with E-state index in [0.29, 0.717) is 16.9 Å². The van der Waals surface area contributed by atoms with Gasteiger partial charge in [0.1, 0.15) is 0 Å². The average molecular weight is 275 g/mol. The summed E-state index contributed by atoms with van der Waals surface area (Å²) in [5.41, 5.74) is 1.29. The highest BCUT2D eigenvalue weighted by molar-refractivity contribution is 7.99. The summed E-state index contributed by atoms with van der Waals surface area (Å²) < 4.78 is 10.4. The van der Waals surface area contributed by atoms with Gasteiger partial charge >= 0.3 is 0 Å². The third-order valence-corrected chi connectivity index (χ3v) is 3.91. The van der Waals surface area contributed by atoms with Crippen LogP contribution in [0.3, 0.4) is 0 Å². The van der Waals surface area contributed by atoms with Gasteiger partial charge in [-0.05, 0) is 12.5 Å². The van der Waals surface area contributed by atoms with Crippen LogP contribution in [0, 0.1) is 0 Å². The summed E-state index contributed by atoms with van der Waals surface area (Å²) in [6.07, 6.45) is 1.81. The van der Waals surface area contributed by atoms with Crippen LogP contribution < -0.4 is 9.47 Å². The summed E-state index contributed by atoms with van der Waals surface area (Å²) in [6, 6.07) is 12.4. The average Bonchev–Trinajstić information content (AvgIpc) is 2.48. The number of aromatic nitrogens is 1. The van der Waals surface area contributed by atoms with Crippen LogP contribution in [-0.2, 0) is 0 Å². The van der Waals surface area contributed by atoms with E-state index in [1.165, 1.54) is 5.56 Å². The zero-order chi connectivity index (χ0) is 13.7. The van der Waals surface area contributed by atoms with Gasteiger partial charge in [0.05, 0.1) is 14.2 Å². The van der Waals surface area contributed by atoms with Gasteiger partial charge in [0, 0.05) is 22.4 Å². The number of nitrogens with zero attached hydrogens (tertiary/aromatic N) is 1. The monoisotopic (exact) mass is 275 g/mol. The predicted octanol–water partition coefficient (Wildman–Crippen LogP) is 3.95. The van der Waals surface area contributed by atoms with Crippen molar-refractivity contribution < 1.29 is 9.47 Å². The van der Waals surface area contributed by atoms with Crippen LogP contribution in [0.2, 0.25) is 0 Å². The molecule has 0 spiro atoms. The zero-order valence-corrected chi connectivity index (χ0v) is 12.1. The van der Waals surface area contributed by atoms with Gasteiger partial charge < -0.3 is 9.47 Å². The molecule has 0 radical (unpaired) electrons. The van der Waals surface area contributed by atoms with E-state index in [-0.39, 0.29) is 0 Å². The van der Waals surface area contributed by atoms with Gasteiger partial charge in [0.2, 0.25) is 0 Å². The van der Waals surface area contributed by atoms with Crippen LogP contribution in [-0.4, -0.2) is 19.2 Å². The maximum Gasteiger partial charge on any atom is 0.256 e. The van der Waals surface area contributed by atoms with E-state index in [1.807, 2.05) is 18.3 Å². The number of ether oxygens (including phenoxy) is 2. The molecule has 2 rings (SSSR count). The molecule has 1 unspecified atom stereocenters. The van der Waals surface area contributed by atoms with Gasteiger partial charge in [0.15, 0.2) is 5.75 Å². The van der Waals surface area contributed by atoms with E-state index < -0.39 is 0 Å². The molecular weight excluding hydrogens is 258 g/mol. The Morgan fingerprint density at radius 3 is 2.47 bits per heavy atom. The van der Waals surface area contributed by atoms with Crippen molar-refractivity contribution in [2.45, 2.75) is 17.1 Å². The van der Waals surface area contributed by atoms with Crippen LogP contribution in [0.5, 0.6) is 11.6 Å². The summed E-state index contributed by atoms with van der Waals surface area (Å²) in [7, 11) is 3.21. The molecule has 1 atom stereocenters. The lowest BCUT2D eigenvalue weighted by atomic mass is 10.2. The van der Waals surface area contributed by atoms with Crippen molar-refractivity contribution in [3.8, 4) is 11.6 Å². The van der Waals surface area contributed by atoms with Crippen LogP contribution in [0.25, 0.3) is 0 Å². The number of thioether (sulfide) groups is 1. The Bertz CT molecular complexity index is 531. The van der Waals surface area contributed by atoms with Gasteiger partial charge in [-0.3, -0.25) is 0 Å². The summed E-state index contributed by atoms with van der Waals surface area (Å²) >= 11 is 1.75. The maximum absolute atomic E-state index is 5.26. The Kier molecular flexibility index (Phi) is 4.68. The van der Waals surface area contributed by atoms with E-state index in [2.05, 4.69) is 36.2 Å². The highest BCUT2D eigenvalue weighted by atomic mass is 32.2. The molecule has 0 amide bonds. The molecule has 1 aromatic heterocycles. The van der Waals surface area contributed by atoms with Crippen molar-refractivity contribution in [1.29, 1.82) is 0 Å². The lowest BCUT2D eigenvalue weighted by Gasteiger charge is -2.13. The second-order valence-corrected chi connectivity index (χ2v) is 5.47. The topological polar surface area (TPSA) is 31.4 Å². The SMILES string of the molecule is COc1cc(SC(C)c2ccccc2)cnc1OC. The molecule has 0 aliphatic heterocycles. The molecule has 0 aliphatic carbocycles. The number of benzene rings is 1. The number of hydrogen-bond acceptors (Lipinski definition) is 4. The Morgan fingerprint density at radius 1 is 1.11 bits per heavy atom. The largest absolute Gasteiger partial charge is 0.491 e. The fourth-order valence-electron chi connectivity index (χ4n) is 1.77. The van der Waals surface area contributed by atoms with Gasteiger partial charge in [-0.1, -0.05) is 30.3 Å². The van der Waals surface area contributed by atoms with Crippen LogP contribution >= 0.6 is 11.8 Å². The molecule has 1 aromatic carbocycles. The Labute approximate surface area is 118 Å². The standard InChI is InChI=1S/C15H17NO2S/c1-11(12-7-5-4-6-8-12)19-13-9-14(17-2)15(18-3)16-10-13/h4-11H,1-3H3. The fourth-order valence-corrected chi connectivity index (χ4v) is 2.76. The van der Waals surface area contributed by atoms with Crippen molar-refractivity contribution in [2.75, 3.05) is 14.2 Å². The first-order valence-corrected chi connectivity index (χ1v) is 6.92. The molecule has 0 saturated heterocycles. The summed E-state index contributed by atoms with van der Waals surface area (Å²) in [6.45, 7) is 2.18. The van der Waals surface area contributed by atoms with Crippen molar-refractivity contribution in [3.05, 3.63) is 48.2 Å². The minimum Gasteiger partial charge on any atom is -0.491 e. The summed E-state index contributed by atoms with van der Waals surface area (Å²) in [4.78, 5) is 5.31. The van der Waals surface area contributed by atoms with Crippen molar-refractivity contribution >= 4 is 11.8 Å². The molecule has 0 N–H and O–H groups in total. The zero-order valence-electron chi connectivity index (χ0n) is 11.3. The van der Waals surface area contributed by atoms with E-state index >= 15 is 0 Å². The minimum atomic E-state index is 0.362. The lowest BCUT2D eigenvalue weighted by molar-refractivity contribution is 0.341. The molecule has 0 fully saturated rings. The second kappa shape index (κ2) is 6.48. The maximum atomic E-state index is 5.26. The Hall–Kier alpha value is -1.68. The highest BCUT2D eigenvalue weighted by Gasteiger charge is 2.11. The normalized spacial score (nSPS) is 11.9. The summed E-state index contributed by atoms with van der Waals surface area (Å²) in [5, 5.41) is 0.362. The Balaban J connectivity index is 2.15. The second-order valence-electron chi connectivity index (χ2n) is 4.05. The van der Waals surface area contributed by atoms with Gasteiger partial charge in [-0.25, -0.2) is 4.98 Å². The molecule has 0 saturated carbocycles. The number of hydrogen-bond donors (Lipinski definition) is 0. The van der Waals surface area contributed by atoms with E-state index in [1.54, 1.807) is 26.0 Å². The molecule has 19 heavy (non-hydrogen) atoms. The third-order valence-electron chi connectivity index (χ3n) is 2.79. The quantitative estimate of drug-likeness (QED) is 0.773. The Morgan fingerprint density at radius 2 is 1.84 bits per heavy atom. The lowest BCUT2D eigenvalue weighted by Crippen LogP contribution is -1.94. The van der Waals surface area contributed by atoms with E-state index in [0.717, 1.165) is 4.90 Å². The molecule has 100 valence electrons. The van der Waals surface area contributed by atoms with Gasteiger partial charge in [0.25, 0.3) is 5.88 Å². The van der Waals surface area contributed by atoms with Crippen LogP contribution in [0.4, 0.5) is 0 Å². The fraction of sp³-hybridized carbons (Fsp3) is 0.267. The molecule has 0 aliphatic rings. The first-order valence-electron chi connectivity index (χ1n) is 6.04. The van der Waals surface area contributed by atoms with E-state index in [4.69, 9.17) is 9.47 Å². The molecule has 4 heteroatoms. The smallest absolute Gasteiger partial charge is 0.256 e. The van der Waals surface area contributed by atoms with Gasteiger partial charge in [-0.15, -0.1) is 11.8 Å². The summed E-state index contributed by atoms with van der Waals surface area (Å²) in [5.74, 6) is 1.17. The first-order chi connectivity index (χ1) is 9.24. The molecular formula is C15H17NO2S. The first kappa shape index (κ1) is 13.7. The number of rotatable bonds is 5. The predicted molar refractivity (Wildman–Crippen MR) is 78.1 cm³/mol. The third kappa shape index (κ3) is 3.41. The number of pyridine rings is 1. The molecule has 2 aromatic rings. The molecule has 3 nitrogen and oxygen atoms in total. The van der Waals surface area contributed by atoms with Crippen LogP contribution in [0.1, 0.15) is 17.7 Å².